The number of hydrogen-bond acceptors (Lipinski definition) is 10. The Hall–Kier alpha value is -4.52. The maximum atomic E-state index is 12.6. The molecule has 1 atom stereocenters. The molecular formula is C27H34N6O7. The monoisotopic (exact) mass is 554 g/mol. The van der Waals surface area contributed by atoms with Gasteiger partial charge in [-0.1, -0.05) is 6.07 Å². The van der Waals surface area contributed by atoms with E-state index in [-0.39, 0.29) is 18.8 Å². The van der Waals surface area contributed by atoms with Gasteiger partial charge in [0.15, 0.2) is 24.0 Å². The molecule has 0 spiro atoms. The lowest BCUT2D eigenvalue weighted by Gasteiger charge is -2.32. The molecule has 2 aromatic rings. The molecule has 1 saturated heterocycles. The highest BCUT2D eigenvalue weighted by atomic mass is 16.5. The molecule has 0 bridgehead atoms. The molecule has 0 aliphatic carbocycles. The van der Waals surface area contributed by atoms with Crippen molar-refractivity contribution in [3.05, 3.63) is 52.9 Å². The summed E-state index contributed by atoms with van der Waals surface area (Å²) in [4.78, 5) is 41.4. The van der Waals surface area contributed by atoms with Crippen LogP contribution in [0.25, 0.3) is 0 Å². The fourth-order valence-corrected chi connectivity index (χ4v) is 4.36. The summed E-state index contributed by atoms with van der Waals surface area (Å²) in [5.74, 6) is 0.871. The summed E-state index contributed by atoms with van der Waals surface area (Å²) in [6.45, 7) is 6.90. The second kappa shape index (κ2) is 13.0. The van der Waals surface area contributed by atoms with Gasteiger partial charge in [-0.3, -0.25) is 4.79 Å². The zero-order valence-electron chi connectivity index (χ0n) is 23.0. The molecule has 3 heterocycles. The van der Waals surface area contributed by atoms with Gasteiger partial charge in [-0.2, -0.15) is 5.10 Å². The number of nitrogens with one attached hydrogen (secondary N) is 3. The molecule has 1 aromatic carbocycles. The SMILES string of the molecule is CCOC(=O)C1=C(C)NC(=O)N[C@@H]1c1ccc(OCC(=O)N/N=C\c2ccc(N3CCN(C)CC3)o2)c(OC)c1. The number of amides is 3. The molecule has 13 nitrogen and oxygen atoms in total. The van der Waals surface area contributed by atoms with E-state index in [1.165, 1.54) is 13.3 Å². The minimum Gasteiger partial charge on any atom is -0.493 e. The third kappa shape index (κ3) is 6.91. The largest absolute Gasteiger partial charge is 0.493 e. The number of ether oxygens (including phenoxy) is 3. The van der Waals surface area contributed by atoms with Gasteiger partial charge >= 0.3 is 12.0 Å². The Morgan fingerprint density at radius 3 is 2.67 bits per heavy atom. The van der Waals surface area contributed by atoms with Crippen LogP contribution in [-0.2, 0) is 14.3 Å². The Balaban J connectivity index is 1.35. The second-order valence-corrected chi connectivity index (χ2v) is 9.25. The minimum absolute atomic E-state index is 0.192. The second-order valence-electron chi connectivity index (χ2n) is 9.25. The normalized spacial score (nSPS) is 17.9. The lowest BCUT2D eigenvalue weighted by molar-refractivity contribution is -0.139. The van der Waals surface area contributed by atoms with E-state index in [1.54, 1.807) is 38.1 Å². The molecule has 0 unspecified atom stereocenters. The van der Waals surface area contributed by atoms with Crippen molar-refractivity contribution >= 4 is 30.0 Å². The van der Waals surface area contributed by atoms with Crippen LogP contribution in [0.4, 0.5) is 10.7 Å². The number of urea groups is 1. The molecule has 1 aromatic heterocycles. The first-order valence-corrected chi connectivity index (χ1v) is 12.9. The number of hydrazone groups is 1. The highest BCUT2D eigenvalue weighted by molar-refractivity contribution is 5.95. The number of esters is 1. The predicted molar refractivity (Wildman–Crippen MR) is 146 cm³/mol. The van der Waals surface area contributed by atoms with Crippen molar-refractivity contribution in [2.75, 3.05) is 58.5 Å². The Bertz CT molecular complexity index is 1300. The number of nitrogens with zero attached hydrogens (tertiary/aromatic N) is 3. The number of likely N-dealkylation sites (N-methyl/N-ethyl adjacent to an activating group) is 1. The molecular weight excluding hydrogens is 520 g/mol. The third-order valence-electron chi connectivity index (χ3n) is 6.45. The maximum absolute atomic E-state index is 12.6. The van der Waals surface area contributed by atoms with Crippen molar-refractivity contribution in [2.24, 2.45) is 5.10 Å². The molecule has 0 radical (unpaired) electrons. The topological polar surface area (TPSA) is 147 Å². The lowest BCUT2D eigenvalue weighted by atomic mass is 9.95. The van der Waals surface area contributed by atoms with E-state index in [4.69, 9.17) is 18.6 Å². The lowest BCUT2D eigenvalue weighted by Crippen LogP contribution is -2.45. The first-order chi connectivity index (χ1) is 19.3. The van der Waals surface area contributed by atoms with Crippen LogP contribution in [0.5, 0.6) is 11.5 Å². The van der Waals surface area contributed by atoms with Crippen LogP contribution in [-0.4, -0.2) is 82.6 Å². The Labute approximate surface area is 232 Å². The summed E-state index contributed by atoms with van der Waals surface area (Å²) in [6.07, 6.45) is 1.43. The molecule has 3 amide bonds. The number of rotatable bonds is 10. The number of benzene rings is 1. The van der Waals surface area contributed by atoms with Gasteiger partial charge in [0, 0.05) is 37.9 Å². The summed E-state index contributed by atoms with van der Waals surface area (Å²) in [5, 5.41) is 9.27. The van der Waals surface area contributed by atoms with Crippen molar-refractivity contribution in [3.63, 3.8) is 0 Å². The molecule has 214 valence electrons. The summed E-state index contributed by atoms with van der Waals surface area (Å²) < 4.78 is 22.0. The molecule has 0 saturated carbocycles. The van der Waals surface area contributed by atoms with E-state index >= 15 is 0 Å². The molecule has 2 aliphatic heterocycles. The Morgan fingerprint density at radius 1 is 1.18 bits per heavy atom. The van der Waals surface area contributed by atoms with Crippen molar-refractivity contribution in [1.29, 1.82) is 0 Å². The third-order valence-corrected chi connectivity index (χ3v) is 6.45. The van der Waals surface area contributed by atoms with Gasteiger partial charge in [-0.25, -0.2) is 15.0 Å². The van der Waals surface area contributed by atoms with Gasteiger partial charge < -0.3 is 39.1 Å². The number of methoxy groups -OCH3 is 1. The van der Waals surface area contributed by atoms with Crippen LogP contribution in [0.1, 0.15) is 31.2 Å². The van der Waals surface area contributed by atoms with Crippen LogP contribution in [0.15, 0.2) is 51.1 Å². The highest BCUT2D eigenvalue weighted by Crippen LogP contribution is 2.34. The maximum Gasteiger partial charge on any atom is 0.338 e. The fraction of sp³-hybridized carbons (Fsp3) is 0.407. The molecule has 13 heteroatoms. The van der Waals surface area contributed by atoms with Crippen LogP contribution in [0.2, 0.25) is 0 Å². The van der Waals surface area contributed by atoms with E-state index < -0.39 is 23.9 Å². The zero-order valence-corrected chi connectivity index (χ0v) is 23.0. The molecule has 3 N–H and O–H groups in total. The molecule has 1 fully saturated rings. The van der Waals surface area contributed by atoms with Gasteiger partial charge in [0.1, 0.15) is 5.76 Å². The van der Waals surface area contributed by atoms with Crippen LogP contribution in [0.3, 0.4) is 0 Å². The number of furan rings is 1. The van der Waals surface area contributed by atoms with Gasteiger partial charge in [-0.05, 0) is 44.7 Å². The van der Waals surface area contributed by atoms with E-state index in [2.05, 4.69) is 38.0 Å². The van der Waals surface area contributed by atoms with Gasteiger partial charge in [0.2, 0.25) is 0 Å². The quantitative estimate of drug-likeness (QED) is 0.227. The summed E-state index contributed by atoms with van der Waals surface area (Å²) in [6, 6.07) is 7.37. The first kappa shape index (κ1) is 28.5. The van der Waals surface area contributed by atoms with E-state index in [9.17, 15) is 14.4 Å². The van der Waals surface area contributed by atoms with Crippen LogP contribution < -0.4 is 30.4 Å². The summed E-state index contributed by atoms with van der Waals surface area (Å²) in [5.41, 5.74) is 3.66. The van der Waals surface area contributed by atoms with Crippen LogP contribution >= 0.6 is 0 Å². The van der Waals surface area contributed by atoms with Crippen LogP contribution in [0, 0.1) is 0 Å². The standard InChI is InChI=1S/C27H34N6O7/c1-5-38-26(35)24-17(2)29-27(36)30-25(24)18-6-8-20(21(14-18)37-4)39-16-22(34)31-28-15-19-7-9-23(40-19)33-12-10-32(3)11-13-33/h6-9,14-15,25H,5,10-13,16H2,1-4H3,(H,31,34)(H2,29,30,36)/b28-15-/t25-/m1/s1. The van der Waals surface area contributed by atoms with Crippen molar-refractivity contribution in [1.82, 2.24) is 21.0 Å². The van der Waals surface area contributed by atoms with Crippen molar-refractivity contribution in [3.8, 4) is 11.5 Å². The van der Waals surface area contributed by atoms with Gasteiger partial charge in [0.25, 0.3) is 5.91 Å². The molecule has 40 heavy (non-hydrogen) atoms. The number of allylic oxidation sites excluding steroid dienone is 1. The van der Waals surface area contributed by atoms with Gasteiger partial charge in [0.05, 0.1) is 31.5 Å². The Kier molecular flexibility index (Phi) is 9.27. The minimum atomic E-state index is -0.758. The number of hydrogen-bond donors (Lipinski definition) is 3. The fourth-order valence-electron chi connectivity index (χ4n) is 4.36. The van der Waals surface area contributed by atoms with E-state index in [1.807, 2.05) is 6.07 Å². The van der Waals surface area contributed by atoms with E-state index in [0.717, 1.165) is 32.1 Å². The zero-order chi connectivity index (χ0) is 28.6. The number of piperazine rings is 1. The molecule has 2 aliphatic rings. The molecule has 4 rings (SSSR count). The summed E-state index contributed by atoms with van der Waals surface area (Å²) in [7, 11) is 3.54. The summed E-state index contributed by atoms with van der Waals surface area (Å²) >= 11 is 0. The number of anilines is 1. The van der Waals surface area contributed by atoms with Gasteiger partial charge in [-0.15, -0.1) is 0 Å². The van der Waals surface area contributed by atoms with Crippen molar-refractivity contribution in [2.45, 2.75) is 19.9 Å². The average Bonchev–Trinajstić information content (AvgIpc) is 3.40. The smallest absolute Gasteiger partial charge is 0.338 e. The number of carbonyl (C=O) groups is 3. The van der Waals surface area contributed by atoms with Crippen molar-refractivity contribution < 1.29 is 33.0 Å². The Morgan fingerprint density at radius 2 is 1.95 bits per heavy atom. The predicted octanol–water partition coefficient (Wildman–Crippen LogP) is 1.76. The first-order valence-electron chi connectivity index (χ1n) is 12.9. The highest BCUT2D eigenvalue weighted by Gasteiger charge is 2.32. The average molecular weight is 555 g/mol. The number of carbonyl (C=O) groups excluding carboxylic acids is 3. The van der Waals surface area contributed by atoms with E-state index in [0.29, 0.717) is 28.5 Å².